The molecular weight excluding hydrogens is 214 g/mol. The molecule has 88 valence electrons. The van der Waals surface area contributed by atoms with Crippen molar-refractivity contribution in [2.45, 2.75) is 6.42 Å². The zero-order valence-corrected chi connectivity index (χ0v) is 8.60. The smallest absolute Gasteiger partial charge is 0.318 e. The van der Waals surface area contributed by atoms with E-state index in [0.717, 1.165) is 0 Å². The van der Waals surface area contributed by atoms with Crippen LogP contribution in [0.5, 0.6) is 0 Å². The molecule has 0 aliphatic rings. The maximum Gasteiger partial charge on any atom is 0.318 e. The van der Waals surface area contributed by atoms with Crippen molar-refractivity contribution in [2.24, 2.45) is 5.73 Å². The second-order valence-electron chi connectivity index (χ2n) is 2.97. The summed E-state index contributed by atoms with van der Waals surface area (Å²) < 4.78 is 0. The Morgan fingerprint density at radius 3 is 2.50 bits per heavy atom. The van der Waals surface area contributed by atoms with Gasteiger partial charge < -0.3 is 10.8 Å². The van der Waals surface area contributed by atoms with E-state index >= 15 is 0 Å². The molecule has 0 atom stereocenters. The molecule has 0 spiro atoms. The summed E-state index contributed by atoms with van der Waals surface area (Å²) in [5.41, 5.74) is 4.73. The molecule has 0 radical (unpaired) electrons. The van der Waals surface area contributed by atoms with Crippen molar-refractivity contribution in [3.63, 3.8) is 0 Å². The number of hydrogen-bond acceptors (Lipinski definition) is 4. The lowest BCUT2D eigenvalue weighted by molar-refractivity contribution is -0.138. The van der Waals surface area contributed by atoms with E-state index in [2.05, 4.69) is 5.92 Å². The molecule has 0 aliphatic heterocycles. The zero-order valence-electron chi connectivity index (χ0n) is 8.60. The van der Waals surface area contributed by atoms with E-state index in [1.807, 2.05) is 5.32 Å². The maximum absolute atomic E-state index is 11.0. The molecule has 4 N–H and O–H groups in total. The molecule has 7 nitrogen and oxygen atoms in total. The van der Waals surface area contributed by atoms with Gasteiger partial charge in [-0.05, 0) is 0 Å². The lowest BCUT2D eigenvalue weighted by atomic mass is 10.3. The van der Waals surface area contributed by atoms with Crippen molar-refractivity contribution in [3.8, 4) is 12.3 Å². The van der Waals surface area contributed by atoms with Crippen LogP contribution >= 0.6 is 0 Å². The summed E-state index contributed by atoms with van der Waals surface area (Å²) >= 11 is 0. The first-order valence-electron chi connectivity index (χ1n) is 4.42. The Kier molecular flexibility index (Phi) is 6.31. The van der Waals surface area contributed by atoms with Crippen LogP contribution in [0.1, 0.15) is 6.42 Å². The second kappa shape index (κ2) is 7.25. The van der Waals surface area contributed by atoms with Gasteiger partial charge in [0.05, 0.1) is 13.1 Å². The van der Waals surface area contributed by atoms with E-state index < -0.39 is 17.9 Å². The number of urea groups is 1. The van der Waals surface area contributed by atoms with Crippen LogP contribution < -0.4 is 11.1 Å². The number of terminal acetylenes is 1. The molecule has 0 aromatic carbocycles. The third kappa shape index (κ3) is 7.34. The van der Waals surface area contributed by atoms with Crippen molar-refractivity contribution in [3.05, 3.63) is 0 Å². The first-order valence-corrected chi connectivity index (χ1v) is 4.42. The van der Waals surface area contributed by atoms with Gasteiger partial charge in [0.2, 0.25) is 5.91 Å². The zero-order chi connectivity index (χ0) is 12.6. The fourth-order valence-electron chi connectivity index (χ4n) is 0.994. The number of carbonyl (C=O) groups is 3. The summed E-state index contributed by atoms with van der Waals surface area (Å²) in [6, 6.07) is -0.938. The third-order valence-electron chi connectivity index (χ3n) is 1.59. The molecule has 16 heavy (non-hydrogen) atoms. The average Bonchev–Trinajstić information content (AvgIpc) is 2.12. The number of aliphatic carboxylic acids is 1. The largest absolute Gasteiger partial charge is 0.480 e. The molecule has 0 unspecified atom stereocenters. The van der Waals surface area contributed by atoms with E-state index in [0.29, 0.717) is 0 Å². The molecular formula is C9H13N3O4. The van der Waals surface area contributed by atoms with Crippen molar-refractivity contribution >= 4 is 17.9 Å². The van der Waals surface area contributed by atoms with Gasteiger partial charge in [0.25, 0.3) is 0 Å². The van der Waals surface area contributed by atoms with E-state index in [1.54, 1.807) is 0 Å². The Morgan fingerprint density at radius 2 is 2.06 bits per heavy atom. The van der Waals surface area contributed by atoms with Crippen LogP contribution in [0.15, 0.2) is 0 Å². The Bertz CT molecular complexity index is 321. The van der Waals surface area contributed by atoms with Crippen LogP contribution in [0.25, 0.3) is 0 Å². The maximum atomic E-state index is 11.0. The molecule has 0 aliphatic carbocycles. The van der Waals surface area contributed by atoms with Gasteiger partial charge >= 0.3 is 12.0 Å². The molecule has 0 saturated carbocycles. The number of nitrogens with two attached hydrogens (primary N) is 1. The van der Waals surface area contributed by atoms with Gasteiger partial charge in [0, 0.05) is 13.0 Å². The third-order valence-corrected chi connectivity index (χ3v) is 1.59. The standard InChI is InChI=1S/C9H13N3O4/c1-2-4-12(6-8(14)15)5-3-7(13)11-9(10)16/h1H,3-6H2,(H,14,15)(H3,10,11,13,16). The van der Waals surface area contributed by atoms with Crippen LogP contribution in [0, 0.1) is 12.3 Å². The van der Waals surface area contributed by atoms with Gasteiger partial charge in [0.15, 0.2) is 0 Å². The predicted octanol–water partition coefficient (Wildman–Crippen LogP) is -1.41. The average molecular weight is 227 g/mol. The minimum absolute atomic E-state index is 0.0437. The molecule has 0 bridgehead atoms. The molecule has 0 saturated heterocycles. The predicted molar refractivity (Wildman–Crippen MR) is 55.3 cm³/mol. The van der Waals surface area contributed by atoms with E-state index in [4.69, 9.17) is 17.3 Å². The Balaban J connectivity index is 4.01. The number of amides is 3. The topological polar surface area (TPSA) is 113 Å². The monoisotopic (exact) mass is 227 g/mol. The number of rotatable bonds is 6. The van der Waals surface area contributed by atoms with Crippen LogP contribution in [-0.2, 0) is 9.59 Å². The van der Waals surface area contributed by atoms with Crippen LogP contribution in [0.4, 0.5) is 4.79 Å². The van der Waals surface area contributed by atoms with Gasteiger partial charge in [0.1, 0.15) is 0 Å². The first kappa shape index (κ1) is 13.9. The number of nitrogens with one attached hydrogen (secondary N) is 1. The van der Waals surface area contributed by atoms with E-state index in [1.165, 1.54) is 4.90 Å². The summed E-state index contributed by atoms with van der Waals surface area (Å²) in [4.78, 5) is 33.1. The molecule has 3 amide bonds. The quantitative estimate of drug-likeness (QED) is 0.482. The Morgan fingerprint density at radius 1 is 1.44 bits per heavy atom. The van der Waals surface area contributed by atoms with Crippen molar-refractivity contribution in [2.75, 3.05) is 19.6 Å². The molecule has 0 rings (SSSR count). The number of carboxylic acid groups (broad SMARTS) is 1. The number of primary amides is 1. The summed E-state index contributed by atoms with van der Waals surface area (Å²) in [7, 11) is 0. The Hall–Kier alpha value is -2.07. The normalized spacial score (nSPS) is 9.50. The minimum Gasteiger partial charge on any atom is -0.480 e. The fourth-order valence-corrected chi connectivity index (χ4v) is 0.994. The number of imide groups is 1. The Labute approximate surface area is 92.6 Å². The summed E-state index contributed by atoms with van der Waals surface area (Å²) in [5, 5.41) is 10.4. The highest BCUT2D eigenvalue weighted by Crippen LogP contribution is 1.91. The summed E-state index contributed by atoms with van der Waals surface area (Å²) in [5.74, 6) is 0.671. The highest BCUT2D eigenvalue weighted by molar-refractivity contribution is 5.93. The second-order valence-corrected chi connectivity index (χ2v) is 2.97. The SMILES string of the molecule is C#CCN(CCC(=O)NC(N)=O)CC(=O)O. The number of carboxylic acids is 1. The summed E-state index contributed by atoms with van der Waals surface area (Å²) in [6.45, 7) is 0.0137. The highest BCUT2D eigenvalue weighted by atomic mass is 16.4. The number of hydrogen-bond donors (Lipinski definition) is 3. The number of carbonyl (C=O) groups excluding carboxylic acids is 2. The van der Waals surface area contributed by atoms with Gasteiger partial charge in [-0.2, -0.15) is 0 Å². The minimum atomic E-state index is -1.04. The van der Waals surface area contributed by atoms with E-state index in [9.17, 15) is 14.4 Å². The van der Waals surface area contributed by atoms with Crippen molar-refractivity contribution < 1.29 is 19.5 Å². The lowest BCUT2D eigenvalue weighted by Gasteiger charge is -2.16. The first-order chi connectivity index (χ1) is 7.45. The fraction of sp³-hybridized carbons (Fsp3) is 0.444. The molecule has 7 heteroatoms. The molecule has 0 fully saturated rings. The van der Waals surface area contributed by atoms with Gasteiger partial charge in [-0.25, -0.2) is 4.79 Å². The van der Waals surface area contributed by atoms with Gasteiger partial charge in [-0.15, -0.1) is 6.42 Å². The van der Waals surface area contributed by atoms with Crippen molar-refractivity contribution in [1.82, 2.24) is 10.2 Å². The molecule has 0 heterocycles. The number of nitrogens with zero attached hydrogens (tertiary/aromatic N) is 1. The summed E-state index contributed by atoms with van der Waals surface area (Å²) in [6.07, 6.45) is 4.99. The highest BCUT2D eigenvalue weighted by Gasteiger charge is 2.11. The molecule has 0 aromatic heterocycles. The van der Waals surface area contributed by atoms with E-state index in [-0.39, 0.29) is 26.1 Å². The van der Waals surface area contributed by atoms with Crippen molar-refractivity contribution in [1.29, 1.82) is 0 Å². The lowest BCUT2D eigenvalue weighted by Crippen LogP contribution is -2.38. The van der Waals surface area contributed by atoms with Crippen LogP contribution in [0.2, 0.25) is 0 Å². The molecule has 0 aromatic rings. The van der Waals surface area contributed by atoms with Crippen LogP contribution in [0.3, 0.4) is 0 Å². The van der Waals surface area contributed by atoms with Gasteiger partial charge in [-0.1, -0.05) is 5.92 Å². The van der Waals surface area contributed by atoms with Gasteiger partial charge in [-0.3, -0.25) is 19.8 Å². The van der Waals surface area contributed by atoms with Crippen LogP contribution in [-0.4, -0.2) is 47.5 Å².